The molecule has 0 amide bonds. The first-order valence-corrected chi connectivity index (χ1v) is 7.56. The van der Waals surface area contributed by atoms with Gasteiger partial charge in [-0.05, 0) is 43.0 Å². The largest absolute Gasteiger partial charge is 0.384 e. The smallest absolute Gasteiger partial charge is 0.115 e. The van der Waals surface area contributed by atoms with Gasteiger partial charge >= 0.3 is 0 Å². The number of fused-ring (bicyclic) bond motifs is 3. The highest BCUT2D eigenvalue weighted by Crippen LogP contribution is 2.42. The van der Waals surface area contributed by atoms with Crippen molar-refractivity contribution in [2.24, 2.45) is 5.92 Å². The second-order valence-electron chi connectivity index (χ2n) is 6.18. The van der Waals surface area contributed by atoms with Crippen LogP contribution in [0.2, 0.25) is 0 Å². The SMILES string of the molecule is OC1(c2ccc(-c3cncnc3)cc2)CN2CCC1CC2. The highest BCUT2D eigenvalue weighted by atomic mass is 16.3. The summed E-state index contributed by atoms with van der Waals surface area (Å²) in [6.07, 6.45) is 7.36. The number of hydrogen-bond acceptors (Lipinski definition) is 4. The van der Waals surface area contributed by atoms with Crippen molar-refractivity contribution >= 4 is 0 Å². The van der Waals surface area contributed by atoms with Gasteiger partial charge in [0.1, 0.15) is 11.9 Å². The average molecular weight is 281 g/mol. The molecular weight excluding hydrogens is 262 g/mol. The maximum atomic E-state index is 11.1. The summed E-state index contributed by atoms with van der Waals surface area (Å²) in [6.45, 7) is 3.03. The van der Waals surface area contributed by atoms with Crippen molar-refractivity contribution in [1.29, 1.82) is 0 Å². The van der Waals surface area contributed by atoms with E-state index in [4.69, 9.17) is 0 Å². The number of nitrogens with zero attached hydrogens (tertiary/aromatic N) is 3. The summed E-state index contributed by atoms with van der Waals surface area (Å²) in [6, 6.07) is 8.24. The van der Waals surface area contributed by atoms with Gasteiger partial charge in [-0.2, -0.15) is 0 Å². The van der Waals surface area contributed by atoms with Crippen LogP contribution in [-0.2, 0) is 5.60 Å². The van der Waals surface area contributed by atoms with E-state index < -0.39 is 5.60 Å². The van der Waals surface area contributed by atoms with Gasteiger partial charge in [0.15, 0.2) is 0 Å². The van der Waals surface area contributed by atoms with Crippen LogP contribution in [0.25, 0.3) is 11.1 Å². The quantitative estimate of drug-likeness (QED) is 0.915. The summed E-state index contributed by atoms with van der Waals surface area (Å²) in [5.74, 6) is 0.397. The molecule has 108 valence electrons. The van der Waals surface area contributed by atoms with E-state index in [9.17, 15) is 5.11 Å². The monoisotopic (exact) mass is 281 g/mol. The Balaban J connectivity index is 1.65. The van der Waals surface area contributed by atoms with Crippen LogP contribution in [0, 0.1) is 5.92 Å². The average Bonchev–Trinajstić information content (AvgIpc) is 2.57. The van der Waals surface area contributed by atoms with Crippen molar-refractivity contribution in [3.05, 3.63) is 48.5 Å². The molecule has 3 fully saturated rings. The molecule has 21 heavy (non-hydrogen) atoms. The molecule has 0 radical (unpaired) electrons. The van der Waals surface area contributed by atoms with E-state index in [0.29, 0.717) is 5.92 Å². The summed E-state index contributed by atoms with van der Waals surface area (Å²) in [4.78, 5) is 10.5. The summed E-state index contributed by atoms with van der Waals surface area (Å²) in [7, 11) is 0. The zero-order chi connectivity index (χ0) is 14.3. The van der Waals surface area contributed by atoms with Gasteiger partial charge in [-0.25, -0.2) is 9.97 Å². The van der Waals surface area contributed by atoms with Crippen LogP contribution >= 0.6 is 0 Å². The lowest BCUT2D eigenvalue weighted by Gasteiger charge is -2.50. The molecule has 4 nitrogen and oxygen atoms in total. The molecule has 1 atom stereocenters. The van der Waals surface area contributed by atoms with Crippen LogP contribution in [0.15, 0.2) is 43.0 Å². The first kappa shape index (κ1) is 12.9. The number of piperidine rings is 3. The van der Waals surface area contributed by atoms with Crippen LogP contribution < -0.4 is 0 Å². The van der Waals surface area contributed by atoms with Gasteiger partial charge in [-0.3, -0.25) is 0 Å². The van der Waals surface area contributed by atoms with E-state index in [1.54, 1.807) is 0 Å². The fourth-order valence-corrected chi connectivity index (χ4v) is 3.77. The van der Waals surface area contributed by atoms with Crippen LogP contribution in [0.4, 0.5) is 0 Å². The molecule has 1 aromatic carbocycles. The van der Waals surface area contributed by atoms with Crippen molar-refractivity contribution in [2.75, 3.05) is 19.6 Å². The zero-order valence-electron chi connectivity index (χ0n) is 11.9. The first-order valence-electron chi connectivity index (χ1n) is 7.56. The molecular formula is C17H19N3O. The fraction of sp³-hybridized carbons (Fsp3) is 0.412. The zero-order valence-corrected chi connectivity index (χ0v) is 11.9. The number of benzene rings is 1. The Hall–Kier alpha value is -1.78. The molecule has 1 aromatic heterocycles. The Labute approximate surface area is 124 Å². The Morgan fingerprint density at radius 2 is 1.67 bits per heavy atom. The van der Waals surface area contributed by atoms with Gasteiger partial charge in [-0.1, -0.05) is 24.3 Å². The molecule has 0 aliphatic carbocycles. The molecule has 2 aromatic rings. The van der Waals surface area contributed by atoms with Gasteiger partial charge in [-0.15, -0.1) is 0 Å². The van der Waals surface area contributed by atoms with Crippen molar-refractivity contribution < 1.29 is 5.11 Å². The number of hydrogen-bond donors (Lipinski definition) is 1. The minimum Gasteiger partial charge on any atom is -0.384 e. The van der Waals surface area contributed by atoms with Gasteiger partial charge < -0.3 is 10.0 Å². The van der Waals surface area contributed by atoms with Crippen molar-refractivity contribution in [3.63, 3.8) is 0 Å². The van der Waals surface area contributed by atoms with Crippen LogP contribution in [0.1, 0.15) is 18.4 Å². The fourth-order valence-electron chi connectivity index (χ4n) is 3.77. The van der Waals surface area contributed by atoms with E-state index in [-0.39, 0.29) is 0 Å². The molecule has 5 rings (SSSR count). The third kappa shape index (κ3) is 2.15. The standard InChI is InChI=1S/C17H19N3O/c21-17(11-20-7-5-16(17)6-8-20)15-3-1-13(2-4-15)14-9-18-12-19-10-14/h1-4,9-10,12,16,21H,5-8,11H2. The molecule has 4 heteroatoms. The van der Waals surface area contributed by atoms with E-state index in [1.807, 2.05) is 12.4 Å². The van der Waals surface area contributed by atoms with Gasteiger partial charge in [0.05, 0.1) is 0 Å². The molecule has 1 unspecified atom stereocenters. The topological polar surface area (TPSA) is 49.3 Å². The van der Waals surface area contributed by atoms with Crippen LogP contribution in [0.3, 0.4) is 0 Å². The van der Waals surface area contributed by atoms with Crippen molar-refractivity contribution in [2.45, 2.75) is 18.4 Å². The summed E-state index contributed by atoms with van der Waals surface area (Å²) >= 11 is 0. The summed E-state index contributed by atoms with van der Waals surface area (Å²) < 4.78 is 0. The molecule has 0 saturated carbocycles. The minimum atomic E-state index is -0.678. The molecule has 4 heterocycles. The molecule has 1 N–H and O–H groups in total. The molecule has 3 aliphatic heterocycles. The van der Waals surface area contributed by atoms with Crippen molar-refractivity contribution in [1.82, 2.24) is 14.9 Å². The first-order chi connectivity index (χ1) is 10.3. The normalized spacial score (nSPS) is 31.3. The van der Waals surface area contributed by atoms with Crippen LogP contribution in [-0.4, -0.2) is 39.6 Å². The summed E-state index contributed by atoms with van der Waals surface area (Å²) in [5.41, 5.74) is 2.45. The Kier molecular flexibility index (Phi) is 3.01. The lowest BCUT2D eigenvalue weighted by atomic mass is 9.71. The van der Waals surface area contributed by atoms with E-state index in [0.717, 1.165) is 49.2 Å². The number of aromatic nitrogens is 2. The Morgan fingerprint density at radius 1 is 1.00 bits per heavy atom. The van der Waals surface area contributed by atoms with Crippen molar-refractivity contribution in [3.8, 4) is 11.1 Å². The van der Waals surface area contributed by atoms with E-state index in [2.05, 4.69) is 39.1 Å². The predicted molar refractivity (Wildman–Crippen MR) is 80.5 cm³/mol. The van der Waals surface area contributed by atoms with Gasteiger partial charge in [0.25, 0.3) is 0 Å². The van der Waals surface area contributed by atoms with Gasteiger partial charge in [0.2, 0.25) is 0 Å². The minimum absolute atomic E-state index is 0.397. The van der Waals surface area contributed by atoms with E-state index in [1.165, 1.54) is 6.33 Å². The predicted octanol–water partition coefficient (Wildman–Crippen LogP) is 2.06. The Morgan fingerprint density at radius 3 is 2.24 bits per heavy atom. The molecule has 3 saturated heterocycles. The van der Waals surface area contributed by atoms with E-state index >= 15 is 0 Å². The Bertz CT molecular complexity index is 620. The van der Waals surface area contributed by atoms with Gasteiger partial charge in [0, 0.05) is 24.5 Å². The molecule has 3 aliphatic rings. The third-order valence-electron chi connectivity index (χ3n) is 5.01. The summed E-state index contributed by atoms with van der Waals surface area (Å²) in [5, 5.41) is 11.1. The maximum absolute atomic E-state index is 11.1. The molecule has 2 bridgehead atoms. The lowest BCUT2D eigenvalue weighted by molar-refractivity contribution is -0.117. The second-order valence-corrected chi connectivity index (χ2v) is 6.18. The highest BCUT2D eigenvalue weighted by Gasteiger charge is 2.46. The maximum Gasteiger partial charge on any atom is 0.115 e. The lowest BCUT2D eigenvalue weighted by Crippen LogP contribution is -2.57. The van der Waals surface area contributed by atoms with Crippen LogP contribution in [0.5, 0.6) is 0 Å². The molecule has 0 spiro atoms. The number of aliphatic hydroxyl groups is 1. The second kappa shape index (κ2) is 4.90. The highest BCUT2D eigenvalue weighted by molar-refractivity contribution is 5.61. The third-order valence-corrected chi connectivity index (χ3v) is 5.01. The number of rotatable bonds is 2.